The lowest BCUT2D eigenvalue weighted by molar-refractivity contribution is -0.148. The molecule has 0 bridgehead atoms. The highest BCUT2D eigenvalue weighted by molar-refractivity contribution is 8.03. The summed E-state index contributed by atoms with van der Waals surface area (Å²) in [5.41, 5.74) is 0.373. The summed E-state index contributed by atoms with van der Waals surface area (Å²) in [6.07, 6.45) is 7.04. The van der Waals surface area contributed by atoms with E-state index in [4.69, 9.17) is 4.74 Å². The minimum Gasteiger partial charge on any atom is -0.458 e. The van der Waals surface area contributed by atoms with Crippen molar-refractivity contribution < 1.29 is 14.6 Å². The van der Waals surface area contributed by atoms with Gasteiger partial charge in [0, 0.05) is 5.75 Å². The number of hydrogen-bond acceptors (Lipinski definition) is 4. The minimum atomic E-state index is -0.730. The van der Waals surface area contributed by atoms with Crippen LogP contribution in [0.5, 0.6) is 0 Å². The second kappa shape index (κ2) is 6.35. The molecule has 0 saturated heterocycles. The Balaban J connectivity index is 1.92. The van der Waals surface area contributed by atoms with Gasteiger partial charge < -0.3 is 9.84 Å². The molecule has 3 nitrogen and oxygen atoms in total. The number of carbonyl (C=O) groups is 1. The van der Waals surface area contributed by atoms with Crippen LogP contribution >= 0.6 is 11.8 Å². The van der Waals surface area contributed by atoms with E-state index in [0.29, 0.717) is 12.8 Å². The normalized spacial score (nSPS) is 27.0. The zero-order chi connectivity index (χ0) is 14.8. The Labute approximate surface area is 125 Å². The number of carbonyl (C=O) groups excluding carboxylic acids is 1. The molecule has 1 aliphatic heterocycles. The van der Waals surface area contributed by atoms with Crippen molar-refractivity contribution in [3.8, 4) is 0 Å². The summed E-state index contributed by atoms with van der Waals surface area (Å²) in [6.45, 7) is 5.65. The molecule has 0 saturated carbocycles. The highest BCUT2D eigenvalue weighted by Crippen LogP contribution is 2.34. The highest BCUT2D eigenvalue weighted by atomic mass is 32.2. The zero-order valence-corrected chi connectivity index (χ0v) is 13.3. The van der Waals surface area contributed by atoms with Crippen molar-refractivity contribution in [2.45, 2.75) is 58.2 Å². The van der Waals surface area contributed by atoms with E-state index in [1.54, 1.807) is 11.8 Å². The third-order valence-corrected chi connectivity index (χ3v) is 5.22. The van der Waals surface area contributed by atoms with Gasteiger partial charge in [0.25, 0.3) is 0 Å². The molecule has 0 amide bonds. The fourth-order valence-electron chi connectivity index (χ4n) is 2.65. The molecule has 0 aromatic rings. The van der Waals surface area contributed by atoms with Gasteiger partial charge in [0.15, 0.2) is 0 Å². The van der Waals surface area contributed by atoms with E-state index in [1.807, 2.05) is 20.8 Å². The Morgan fingerprint density at radius 1 is 1.50 bits per heavy atom. The van der Waals surface area contributed by atoms with Crippen molar-refractivity contribution in [1.29, 1.82) is 0 Å². The van der Waals surface area contributed by atoms with Gasteiger partial charge in [0.2, 0.25) is 0 Å². The number of thioether (sulfide) groups is 1. The van der Waals surface area contributed by atoms with Crippen molar-refractivity contribution >= 4 is 17.7 Å². The molecule has 0 radical (unpaired) electrons. The minimum absolute atomic E-state index is 0.143. The summed E-state index contributed by atoms with van der Waals surface area (Å²) in [4.78, 5) is 13.1. The van der Waals surface area contributed by atoms with Crippen molar-refractivity contribution in [2.24, 2.45) is 5.92 Å². The first-order valence-electron chi connectivity index (χ1n) is 7.26. The monoisotopic (exact) mass is 296 g/mol. The topological polar surface area (TPSA) is 46.5 Å². The van der Waals surface area contributed by atoms with E-state index in [2.05, 4.69) is 12.2 Å². The predicted octanol–water partition coefficient (Wildman–Crippen LogP) is 3.44. The van der Waals surface area contributed by atoms with E-state index >= 15 is 0 Å². The molecule has 2 rings (SSSR count). The third kappa shape index (κ3) is 4.13. The van der Waals surface area contributed by atoms with E-state index in [0.717, 1.165) is 29.1 Å². The van der Waals surface area contributed by atoms with Crippen LogP contribution in [0.4, 0.5) is 0 Å². The van der Waals surface area contributed by atoms with Gasteiger partial charge >= 0.3 is 5.97 Å². The first-order chi connectivity index (χ1) is 9.36. The lowest BCUT2D eigenvalue weighted by atomic mass is 9.78. The van der Waals surface area contributed by atoms with Crippen LogP contribution in [0.2, 0.25) is 0 Å². The fraction of sp³-hybridized carbons (Fsp3) is 0.688. The summed E-state index contributed by atoms with van der Waals surface area (Å²) in [5, 5.41) is 10.1. The summed E-state index contributed by atoms with van der Waals surface area (Å²) >= 11 is 1.74. The third-order valence-electron chi connectivity index (χ3n) is 4.10. The van der Waals surface area contributed by atoms with Crippen LogP contribution in [-0.4, -0.2) is 28.5 Å². The Hall–Kier alpha value is -0.740. The molecule has 1 aliphatic carbocycles. The summed E-state index contributed by atoms with van der Waals surface area (Å²) < 4.78 is 5.62. The average molecular weight is 296 g/mol. The molecular weight excluding hydrogens is 272 g/mol. The molecule has 4 heteroatoms. The Morgan fingerprint density at radius 3 is 2.85 bits per heavy atom. The molecular formula is C16H24O3S. The van der Waals surface area contributed by atoms with Crippen LogP contribution in [0.15, 0.2) is 22.6 Å². The fourth-order valence-corrected chi connectivity index (χ4v) is 3.61. The van der Waals surface area contributed by atoms with Crippen LogP contribution in [-0.2, 0) is 9.53 Å². The second-order valence-corrected chi connectivity index (χ2v) is 7.45. The Morgan fingerprint density at radius 2 is 2.25 bits per heavy atom. The van der Waals surface area contributed by atoms with Gasteiger partial charge in [-0.25, -0.2) is 0 Å². The maximum atomic E-state index is 12.0. The summed E-state index contributed by atoms with van der Waals surface area (Å²) in [6, 6.07) is 0. The molecule has 112 valence electrons. The maximum absolute atomic E-state index is 12.0. The average Bonchev–Trinajstić information content (AvgIpc) is 2.83. The quantitative estimate of drug-likeness (QED) is 0.637. The van der Waals surface area contributed by atoms with Gasteiger partial charge in [-0.2, -0.15) is 0 Å². The number of rotatable bonds is 4. The number of hydrogen-bond donors (Lipinski definition) is 1. The first kappa shape index (κ1) is 15.6. The first-order valence-corrected chi connectivity index (χ1v) is 8.25. The van der Waals surface area contributed by atoms with Crippen LogP contribution in [0.3, 0.4) is 0 Å². The lowest BCUT2D eigenvalue weighted by Gasteiger charge is -2.35. The van der Waals surface area contributed by atoms with Crippen LogP contribution in [0.1, 0.15) is 46.5 Å². The molecule has 0 aromatic heterocycles. The lowest BCUT2D eigenvalue weighted by Crippen LogP contribution is -2.37. The van der Waals surface area contributed by atoms with Crippen LogP contribution in [0.25, 0.3) is 0 Å². The van der Waals surface area contributed by atoms with Gasteiger partial charge in [-0.3, -0.25) is 4.79 Å². The molecule has 2 unspecified atom stereocenters. The van der Waals surface area contributed by atoms with Crippen LogP contribution < -0.4 is 0 Å². The summed E-state index contributed by atoms with van der Waals surface area (Å²) in [7, 11) is 0. The zero-order valence-electron chi connectivity index (χ0n) is 12.5. The van der Waals surface area contributed by atoms with Crippen molar-refractivity contribution in [3.63, 3.8) is 0 Å². The van der Waals surface area contributed by atoms with E-state index < -0.39 is 5.60 Å². The van der Waals surface area contributed by atoms with Crippen LogP contribution in [0, 0.1) is 5.92 Å². The highest BCUT2D eigenvalue weighted by Gasteiger charge is 2.33. The van der Waals surface area contributed by atoms with E-state index in [1.165, 1.54) is 0 Å². The van der Waals surface area contributed by atoms with E-state index in [-0.39, 0.29) is 18.0 Å². The number of aliphatic hydroxyl groups is 1. The van der Waals surface area contributed by atoms with E-state index in [9.17, 15) is 9.90 Å². The molecule has 1 N–H and O–H groups in total. The van der Waals surface area contributed by atoms with Crippen molar-refractivity contribution in [1.82, 2.24) is 0 Å². The van der Waals surface area contributed by atoms with Gasteiger partial charge in [-0.1, -0.05) is 12.2 Å². The SMILES string of the molecule is CC1=CCC(C(C)(C)O)CC1OC(=O)CC1=CCCS1. The maximum Gasteiger partial charge on any atom is 0.311 e. The Kier molecular flexibility index (Phi) is 4.97. The molecule has 2 aliphatic rings. The largest absolute Gasteiger partial charge is 0.458 e. The standard InChI is InChI=1S/C16H24O3S/c1-11-6-7-12(16(2,3)18)9-14(11)19-15(17)10-13-5-4-8-20-13/h5-6,12,14,18H,4,7-10H2,1-3H3. The molecule has 0 spiro atoms. The van der Waals surface area contributed by atoms with Crippen molar-refractivity contribution in [2.75, 3.05) is 5.75 Å². The Bertz CT molecular complexity index is 431. The molecule has 0 fully saturated rings. The van der Waals surface area contributed by atoms with Crippen molar-refractivity contribution in [3.05, 3.63) is 22.6 Å². The van der Waals surface area contributed by atoms with Gasteiger partial charge in [0.1, 0.15) is 6.10 Å². The predicted molar refractivity (Wildman–Crippen MR) is 82.4 cm³/mol. The molecule has 1 heterocycles. The number of allylic oxidation sites excluding steroid dienone is 2. The van der Waals surface area contributed by atoms with Gasteiger partial charge in [-0.05, 0) is 56.4 Å². The van der Waals surface area contributed by atoms with Gasteiger partial charge in [-0.15, -0.1) is 11.8 Å². The number of esters is 1. The smallest absolute Gasteiger partial charge is 0.311 e. The molecule has 20 heavy (non-hydrogen) atoms. The van der Waals surface area contributed by atoms with Gasteiger partial charge in [0.05, 0.1) is 12.0 Å². The second-order valence-electron chi connectivity index (χ2n) is 6.23. The molecule has 2 atom stereocenters. The number of ether oxygens (including phenoxy) is 1. The summed E-state index contributed by atoms with van der Waals surface area (Å²) in [5.74, 6) is 1.06. The molecule has 0 aromatic carbocycles.